The number of carbonyl (C=O) groups excluding carboxylic acids is 1. The molecule has 0 aliphatic carbocycles. The lowest BCUT2D eigenvalue weighted by Crippen LogP contribution is -2.49. The Labute approximate surface area is 184 Å². The van der Waals surface area contributed by atoms with Crippen molar-refractivity contribution >= 4 is 27.7 Å². The highest BCUT2D eigenvalue weighted by atomic mass is 19.4. The van der Waals surface area contributed by atoms with Crippen LogP contribution in [0.3, 0.4) is 0 Å². The summed E-state index contributed by atoms with van der Waals surface area (Å²) >= 11 is 0. The SMILES string of the molecule is Cn1cc2c(=O)n(-c3ccc(C(F)(F)F)cc3)c3ccc(C(=O)N4CC(C#N)C4)cc3c2n1. The molecule has 7 nitrogen and oxygen atoms in total. The molecule has 1 fully saturated rings. The van der Waals surface area contributed by atoms with Gasteiger partial charge in [-0.3, -0.25) is 18.8 Å². The van der Waals surface area contributed by atoms with Crippen LogP contribution < -0.4 is 5.56 Å². The lowest BCUT2D eigenvalue weighted by molar-refractivity contribution is -0.137. The normalized spacial score (nSPS) is 14.5. The van der Waals surface area contributed by atoms with Gasteiger partial charge in [0.15, 0.2) is 0 Å². The summed E-state index contributed by atoms with van der Waals surface area (Å²) in [6, 6.07) is 11.3. The number of rotatable bonds is 2. The van der Waals surface area contributed by atoms with Gasteiger partial charge in [-0.25, -0.2) is 0 Å². The zero-order valence-corrected chi connectivity index (χ0v) is 17.3. The molecule has 166 valence electrons. The van der Waals surface area contributed by atoms with Crippen molar-refractivity contribution in [2.45, 2.75) is 6.18 Å². The van der Waals surface area contributed by atoms with E-state index in [0.717, 1.165) is 12.1 Å². The van der Waals surface area contributed by atoms with E-state index in [1.807, 2.05) is 0 Å². The third kappa shape index (κ3) is 3.33. The van der Waals surface area contributed by atoms with Gasteiger partial charge in [0.2, 0.25) is 0 Å². The number of fused-ring (bicyclic) bond motifs is 3. The summed E-state index contributed by atoms with van der Waals surface area (Å²) in [5.41, 5.74) is 0.217. The second-order valence-corrected chi connectivity index (χ2v) is 8.02. The van der Waals surface area contributed by atoms with E-state index in [4.69, 9.17) is 5.26 Å². The van der Waals surface area contributed by atoms with E-state index in [0.29, 0.717) is 35.1 Å². The Bertz CT molecular complexity index is 1520. The average molecular weight is 451 g/mol. The Kier molecular flexibility index (Phi) is 4.53. The maximum atomic E-state index is 13.3. The smallest absolute Gasteiger partial charge is 0.336 e. The molecule has 0 unspecified atom stereocenters. The number of benzene rings is 2. The van der Waals surface area contributed by atoms with Crippen molar-refractivity contribution in [3.8, 4) is 11.8 Å². The van der Waals surface area contributed by atoms with Crippen LogP contribution in [0.4, 0.5) is 13.2 Å². The quantitative estimate of drug-likeness (QED) is 0.467. The molecule has 4 aromatic rings. The van der Waals surface area contributed by atoms with Gasteiger partial charge in [0, 0.05) is 43.0 Å². The molecule has 2 aromatic carbocycles. The monoisotopic (exact) mass is 451 g/mol. The molecule has 1 amide bonds. The molecule has 3 heterocycles. The molecule has 1 aliphatic rings. The molecule has 0 saturated carbocycles. The van der Waals surface area contributed by atoms with E-state index in [-0.39, 0.29) is 22.9 Å². The zero-order valence-electron chi connectivity index (χ0n) is 17.3. The fraction of sp³-hybridized carbons (Fsp3) is 0.217. The first kappa shape index (κ1) is 20.8. The Morgan fingerprint density at radius 1 is 1.12 bits per heavy atom. The number of nitrogens with zero attached hydrogens (tertiary/aromatic N) is 5. The number of likely N-dealkylation sites (tertiary alicyclic amines) is 1. The van der Waals surface area contributed by atoms with Crippen LogP contribution >= 0.6 is 0 Å². The van der Waals surface area contributed by atoms with Crippen molar-refractivity contribution in [2.24, 2.45) is 13.0 Å². The molecule has 1 aliphatic heterocycles. The van der Waals surface area contributed by atoms with Crippen LogP contribution in [0.2, 0.25) is 0 Å². The van der Waals surface area contributed by atoms with Crippen LogP contribution in [-0.2, 0) is 13.2 Å². The fourth-order valence-corrected chi connectivity index (χ4v) is 4.09. The third-order valence-electron chi connectivity index (χ3n) is 5.81. The minimum absolute atomic E-state index is 0.179. The van der Waals surface area contributed by atoms with Gasteiger partial charge < -0.3 is 4.90 Å². The molecule has 33 heavy (non-hydrogen) atoms. The number of hydrogen-bond donors (Lipinski definition) is 0. The number of aromatic nitrogens is 3. The van der Waals surface area contributed by atoms with Crippen LogP contribution in [0.25, 0.3) is 27.5 Å². The summed E-state index contributed by atoms with van der Waals surface area (Å²) in [5, 5.41) is 14.1. The molecule has 0 radical (unpaired) electrons. The molecular formula is C23H16F3N5O2. The highest BCUT2D eigenvalue weighted by molar-refractivity contribution is 6.07. The van der Waals surface area contributed by atoms with Crippen molar-refractivity contribution in [3.63, 3.8) is 0 Å². The second kappa shape index (κ2) is 7.20. The van der Waals surface area contributed by atoms with Crippen molar-refractivity contribution in [3.05, 3.63) is 70.1 Å². The number of alkyl halides is 3. The molecule has 0 spiro atoms. The Morgan fingerprint density at radius 2 is 1.82 bits per heavy atom. The first-order chi connectivity index (χ1) is 15.7. The van der Waals surface area contributed by atoms with Crippen LogP contribution in [0.15, 0.2) is 53.5 Å². The molecule has 2 aromatic heterocycles. The van der Waals surface area contributed by atoms with Crippen molar-refractivity contribution < 1.29 is 18.0 Å². The molecule has 1 saturated heterocycles. The summed E-state index contributed by atoms with van der Waals surface area (Å²) in [4.78, 5) is 27.7. The molecule has 0 N–H and O–H groups in total. The van der Waals surface area contributed by atoms with E-state index < -0.39 is 17.3 Å². The molecule has 0 bridgehead atoms. The molecule has 5 rings (SSSR count). The first-order valence-electron chi connectivity index (χ1n) is 10.1. The van der Waals surface area contributed by atoms with Crippen molar-refractivity contribution in [1.82, 2.24) is 19.2 Å². The fourth-order valence-electron chi connectivity index (χ4n) is 4.09. The maximum absolute atomic E-state index is 13.3. The minimum atomic E-state index is -4.49. The zero-order chi connectivity index (χ0) is 23.5. The van der Waals surface area contributed by atoms with Crippen LogP contribution in [-0.4, -0.2) is 38.2 Å². The molecule has 0 atom stereocenters. The predicted octanol–water partition coefficient (Wildman–Crippen LogP) is 3.49. The largest absolute Gasteiger partial charge is 0.416 e. The van der Waals surface area contributed by atoms with Crippen LogP contribution in [0.5, 0.6) is 0 Å². The van der Waals surface area contributed by atoms with Crippen LogP contribution in [0, 0.1) is 17.2 Å². The third-order valence-corrected chi connectivity index (χ3v) is 5.81. The van der Waals surface area contributed by atoms with Gasteiger partial charge in [0.05, 0.1) is 28.5 Å². The van der Waals surface area contributed by atoms with E-state index in [1.165, 1.54) is 21.4 Å². The van der Waals surface area contributed by atoms with E-state index in [1.54, 1.807) is 36.3 Å². The Balaban J connectivity index is 1.70. The number of pyridine rings is 1. The number of halogens is 3. The van der Waals surface area contributed by atoms with Crippen LogP contribution in [0.1, 0.15) is 15.9 Å². The highest BCUT2D eigenvalue weighted by Gasteiger charge is 2.32. The van der Waals surface area contributed by atoms with Gasteiger partial charge >= 0.3 is 6.18 Å². The van der Waals surface area contributed by atoms with Gasteiger partial charge in [-0.1, -0.05) is 0 Å². The average Bonchev–Trinajstić information content (AvgIpc) is 3.15. The number of aryl methyl sites for hydroxylation is 1. The Morgan fingerprint density at radius 3 is 2.45 bits per heavy atom. The van der Waals surface area contributed by atoms with Gasteiger partial charge in [0.25, 0.3) is 11.5 Å². The second-order valence-electron chi connectivity index (χ2n) is 8.02. The summed E-state index contributed by atoms with van der Waals surface area (Å²) in [6.07, 6.45) is -2.95. The molecular weight excluding hydrogens is 435 g/mol. The summed E-state index contributed by atoms with van der Waals surface area (Å²) in [5.74, 6) is -0.415. The van der Waals surface area contributed by atoms with E-state index >= 15 is 0 Å². The topological polar surface area (TPSA) is 83.9 Å². The summed E-state index contributed by atoms with van der Waals surface area (Å²) in [6.45, 7) is 0.717. The predicted molar refractivity (Wildman–Crippen MR) is 114 cm³/mol. The number of amides is 1. The highest BCUT2D eigenvalue weighted by Crippen LogP contribution is 2.31. The number of carbonyl (C=O) groups is 1. The maximum Gasteiger partial charge on any atom is 0.416 e. The van der Waals surface area contributed by atoms with E-state index in [9.17, 15) is 22.8 Å². The standard InChI is InChI=1S/C23H16F3N5O2/c1-29-12-18-20(28-29)17-8-14(21(32)30-10-13(9-27)11-30)2-7-19(17)31(22(18)33)16-5-3-15(4-6-16)23(24,25)26/h2-8,12-13H,10-11H2,1H3. The lowest BCUT2D eigenvalue weighted by Gasteiger charge is -2.35. The number of nitriles is 1. The van der Waals surface area contributed by atoms with Gasteiger partial charge in [-0.05, 0) is 42.5 Å². The van der Waals surface area contributed by atoms with Gasteiger partial charge in [-0.2, -0.15) is 23.5 Å². The molecule has 10 heteroatoms. The minimum Gasteiger partial charge on any atom is -0.336 e. The van der Waals surface area contributed by atoms with Crippen molar-refractivity contribution in [1.29, 1.82) is 5.26 Å². The Hall–Kier alpha value is -4.13. The summed E-state index contributed by atoms with van der Waals surface area (Å²) in [7, 11) is 1.66. The van der Waals surface area contributed by atoms with Crippen molar-refractivity contribution in [2.75, 3.05) is 13.1 Å². The summed E-state index contributed by atoms with van der Waals surface area (Å²) < 4.78 is 41.8. The van der Waals surface area contributed by atoms with Gasteiger partial charge in [0.1, 0.15) is 5.52 Å². The number of hydrogen-bond acceptors (Lipinski definition) is 4. The van der Waals surface area contributed by atoms with Gasteiger partial charge in [-0.15, -0.1) is 0 Å². The van der Waals surface area contributed by atoms with E-state index in [2.05, 4.69) is 11.2 Å². The first-order valence-corrected chi connectivity index (χ1v) is 10.1. The lowest BCUT2D eigenvalue weighted by atomic mass is 10.00.